The lowest BCUT2D eigenvalue weighted by Crippen LogP contribution is -2.05. The summed E-state index contributed by atoms with van der Waals surface area (Å²) >= 11 is 0. The van der Waals surface area contributed by atoms with E-state index in [0.29, 0.717) is 6.61 Å². The molecule has 0 amide bonds. The predicted octanol–water partition coefficient (Wildman–Crippen LogP) is 3.72. The molecule has 5 heteroatoms. The Morgan fingerprint density at radius 2 is 1.60 bits per heavy atom. The van der Waals surface area contributed by atoms with Crippen LogP contribution in [0.2, 0.25) is 0 Å². The number of rotatable bonds is 10. The Morgan fingerprint density at radius 1 is 1.00 bits per heavy atom. The summed E-state index contributed by atoms with van der Waals surface area (Å²) < 4.78 is 38.6. The van der Waals surface area contributed by atoms with Gasteiger partial charge in [0, 0.05) is 0 Å². The lowest BCUT2D eigenvalue weighted by atomic mass is 10.1. The molecule has 0 saturated carbocycles. The Morgan fingerprint density at radius 3 is 2.25 bits per heavy atom. The molecule has 0 heterocycles. The molecule has 0 aliphatic heterocycles. The summed E-state index contributed by atoms with van der Waals surface area (Å²) in [6, 6.07) is 5.98. The zero-order valence-corrected chi connectivity index (χ0v) is 12.8. The maximum Gasteiger partial charge on any atom is 0.136 e. The first-order valence-electron chi connectivity index (χ1n) is 7.23. The van der Waals surface area contributed by atoms with Crippen LogP contribution in [0.25, 0.3) is 0 Å². The van der Waals surface area contributed by atoms with Gasteiger partial charge in [-0.2, -0.15) is 0 Å². The van der Waals surface area contributed by atoms with Crippen LogP contribution < -0.4 is 4.74 Å². The molecule has 114 valence electrons. The molecule has 0 saturated heterocycles. The van der Waals surface area contributed by atoms with E-state index < -0.39 is 10.1 Å². The van der Waals surface area contributed by atoms with Gasteiger partial charge < -0.3 is 9.29 Å². The molecule has 0 atom stereocenters. The van der Waals surface area contributed by atoms with Crippen LogP contribution in [-0.2, 0) is 10.1 Å². The third-order valence-electron chi connectivity index (χ3n) is 3.12. The molecule has 0 unspecified atom stereocenters. The third kappa shape index (κ3) is 6.39. The molecule has 4 nitrogen and oxygen atoms in total. The second-order valence-corrected chi connectivity index (χ2v) is 6.22. The second kappa shape index (κ2) is 8.97. The minimum absolute atomic E-state index is 0.161. The van der Waals surface area contributed by atoms with Crippen LogP contribution in [0.5, 0.6) is 5.75 Å². The number of benzene rings is 1. The van der Waals surface area contributed by atoms with Crippen molar-refractivity contribution < 1.29 is 17.7 Å². The first-order chi connectivity index (χ1) is 9.55. The summed E-state index contributed by atoms with van der Waals surface area (Å²) in [7, 11) is -4.47. The van der Waals surface area contributed by atoms with E-state index in [1.165, 1.54) is 50.3 Å². The Labute approximate surface area is 121 Å². The zero-order valence-electron chi connectivity index (χ0n) is 12.0. The molecular weight excluding hydrogens is 276 g/mol. The highest BCUT2D eigenvalue weighted by atomic mass is 32.2. The molecule has 0 bridgehead atoms. The Hall–Kier alpha value is -1.07. The van der Waals surface area contributed by atoms with Gasteiger partial charge in [0.1, 0.15) is 15.9 Å². The van der Waals surface area contributed by atoms with E-state index in [0.717, 1.165) is 12.8 Å². The summed E-state index contributed by atoms with van der Waals surface area (Å²) in [5, 5.41) is 0. The van der Waals surface area contributed by atoms with Crippen LogP contribution in [-0.4, -0.2) is 19.6 Å². The summed E-state index contributed by atoms with van der Waals surface area (Å²) in [6.07, 6.45) is 8.14. The van der Waals surface area contributed by atoms with Crippen LogP contribution in [0.3, 0.4) is 0 Å². The second-order valence-electron chi connectivity index (χ2n) is 4.87. The number of para-hydroxylation sites is 1. The normalized spacial score (nSPS) is 11.5. The van der Waals surface area contributed by atoms with E-state index >= 15 is 0 Å². The highest BCUT2D eigenvalue weighted by Crippen LogP contribution is 2.23. The number of hydrogen-bond acceptors (Lipinski definition) is 4. The van der Waals surface area contributed by atoms with Crippen molar-refractivity contribution in [2.75, 3.05) is 6.61 Å². The number of ether oxygens (including phenoxy) is 1. The smallest absolute Gasteiger partial charge is 0.136 e. The van der Waals surface area contributed by atoms with Gasteiger partial charge in [0.05, 0.1) is 11.5 Å². The molecule has 0 radical (unpaired) electrons. The fourth-order valence-electron chi connectivity index (χ4n) is 2.02. The Bertz CT molecular complexity index is 482. The maximum absolute atomic E-state index is 11.1. The number of hydrogen-bond donors (Lipinski definition) is 0. The predicted molar refractivity (Wildman–Crippen MR) is 77.9 cm³/mol. The van der Waals surface area contributed by atoms with Gasteiger partial charge in [0.25, 0.3) is 0 Å². The third-order valence-corrected chi connectivity index (χ3v) is 4.00. The van der Waals surface area contributed by atoms with E-state index in [1.54, 1.807) is 6.07 Å². The first-order valence-corrected chi connectivity index (χ1v) is 8.64. The van der Waals surface area contributed by atoms with Crippen molar-refractivity contribution in [2.45, 2.75) is 56.8 Å². The van der Waals surface area contributed by atoms with Gasteiger partial charge in [0.2, 0.25) is 0 Å². The van der Waals surface area contributed by atoms with E-state index in [4.69, 9.17) is 4.74 Å². The van der Waals surface area contributed by atoms with Gasteiger partial charge in [-0.15, -0.1) is 0 Å². The van der Waals surface area contributed by atoms with Crippen molar-refractivity contribution in [3.8, 4) is 5.75 Å². The van der Waals surface area contributed by atoms with Crippen LogP contribution >= 0.6 is 0 Å². The molecule has 1 aromatic rings. The fourth-order valence-corrected chi connectivity index (χ4v) is 2.64. The van der Waals surface area contributed by atoms with Gasteiger partial charge in [-0.25, -0.2) is 8.42 Å². The van der Waals surface area contributed by atoms with Crippen molar-refractivity contribution in [3.63, 3.8) is 0 Å². The minimum atomic E-state index is -4.47. The van der Waals surface area contributed by atoms with E-state index in [-0.39, 0.29) is 10.6 Å². The summed E-state index contributed by atoms with van der Waals surface area (Å²) in [6.45, 7) is 2.63. The van der Waals surface area contributed by atoms with Crippen molar-refractivity contribution in [3.05, 3.63) is 24.3 Å². The van der Waals surface area contributed by atoms with Crippen molar-refractivity contribution >= 4 is 10.1 Å². The number of unbranched alkanes of at least 4 members (excludes halogenated alkanes) is 6. The standard InChI is InChI=1S/C15H24O4S/c1-2-3-4-5-6-7-10-13-19-14-11-8-9-12-15(14)20(16,17)18/h8-9,11-12H,2-7,10,13H2,1H3,(H,16,17,18)/p-1. The summed E-state index contributed by atoms with van der Waals surface area (Å²) in [5.74, 6) is 0.161. The molecule has 0 N–H and O–H groups in total. The molecule has 0 aliphatic carbocycles. The highest BCUT2D eigenvalue weighted by molar-refractivity contribution is 7.85. The molecule has 0 aromatic heterocycles. The summed E-state index contributed by atoms with van der Waals surface area (Å²) in [5.41, 5.74) is 0. The summed E-state index contributed by atoms with van der Waals surface area (Å²) in [4.78, 5) is -0.275. The van der Waals surface area contributed by atoms with Gasteiger partial charge >= 0.3 is 0 Å². The molecule has 1 rings (SSSR count). The van der Waals surface area contributed by atoms with Crippen molar-refractivity contribution in [2.24, 2.45) is 0 Å². The van der Waals surface area contributed by atoms with Crippen LogP contribution in [0, 0.1) is 0 Å². The van der Waals surface area contributed by atoms with Crippen molar-refractivity contribution in [1.29, 1.82) is 0 Å². The molecule has 0 spiro atoms. The maximum atomic E-state index is 11.1. The minimum Gasteiger partial charge on any atom is -0.744 e. The molecule has 0 aliphatic rings. The largest absolute Gasteiger partial charge is 0.744 e. The van der Waals surface area contributed by atoms with Gasteiger partial charge in [-0.1, -0.05) is 57.6 Å². The van der Waals surface area contributed by atoms with E-state index in [1.807, 2.05) is 0 Å². The highest BCUT2D eigenvalue weighted by Gasteiger charge is 2.08. The topological polar surface area (TPSA) is 66.4 Å². The van der Waals surface area contributed by atoms with Crippen molar-refractivity contribution in [1.82, 2.24) is 0 Å². The SMILES string of the molecule is CCCCCCCCCOc1ccccc1S(=O)(=O)[O-]. The zero-order chi connectivity index (χ0) is 14.8. The van der Waals surface area contributed by atoms with Crippen LogP contribution in [0.1, 0.15) is 51.9 Å². The lowest BCUT2D eigenvalue weighted by molar-refractivity contribution is 0.295. The van der Waals surface area contributed by atoms with Crippen LogP contribution in [0.15, 0.2) is 29.2 Å². The average molecular weight is 299 g/mol. The Kier molecular flexibility index (Phi) is 7.62. The Balaban J connectivity index is 2.29. The van der Waals surface area contributed by atoms with E-state index in [9.17, 15) is 13.0 Å². The fraction of sp³-hybridized carbons (Fsp3) is 0.600. The average Bonchev–Trinajstić information content (AvgIpc) is 2.41. The molecule has 20 heavy (non-hydrogen) atoms. The molecule has 0 fully saturated rings. The van der Waals surface area contributed by atoms with Gasteiger partial charge in [-0.05, 0) is 18.6 Å². The van der Waals surface area contributed by atoms with Crippen LogP contribution in [0.4, 0.5) is 0 Å². The van der Waals surface area contributed by atoms with Gasteiger partial charge in [0.15, 0.2) is 0 Å². The molecule has 1 aromatic carbocycles. The quantitative estimate of drug-likeness (QED) is 0.488. The molecular formula is C15H23O4S-. The first kappa shape index (κ1) is 17.0. The van der Waals surface area contributed by atoms with E-state index in [2.05, 4.69) is 6.92 Å². The monoisotopic (exact) mass is 299 g/mol. The van der Waals surface area contributed by atoms with Gasteiger partial charge in [-0.3, -0.25) is 0 Å². The lowest BCUT2D eigenvalue weighted by Gasteiger charge is -2.13.